The zero-order valence-corrected chi connectivity index (χ0v) is 14.3. The maximum atomic E-state index is 12.4. The molecule has 7 heteroatoms. The van der Waals surface area contributed by atoms with E-state index in [0.717, 1.165) is 5.56 Å². The Balaban J connectivity index is 2.21. The Labute approximate surface area is 145 Å². The van der Waals surface area contributed by atoms with Crippen molar-refractivity contribution in [2.45, 2.75) is 0 Å². The van der Waals surface area contributed by atoms with Crippen LogP contribution in [0, 0.1) is 0 Å². The number of oxime groups is 1. The molecule has 0 aliphatic heterocycles. The van der Waals surface area contributed by atoms with Gasteiger partial charge in [-0.15, -0.1) is 0 Å². The summed E-state index contributed by atoms with van der Waals surface area (Å²) in [6.45, 7) is 0. The molecule has 1 N–H and O–H groups in total. The number of ether oxygens (including phenoxy) is 2. The first-order valence-corrected chi connectivity index (χ1v) is 7.36. The van der Waals surface area contributed by atoms with E-state index in [1.165, 1.54) is 21.3 Å². The van der Waals surface area contributed by atoms with Gasteiger partial charge in [0.05, 0.1) is 31.1 Å². The molecule has 24 heavy (non-hydrogen) atoms. The summed E-state index contributed by atoms with van der Waals surface area (Å²) >= 11 is 6.05. The van der Waals surface area contributed by atoms with E-state index in [2.05, 4.69) is 15.3 Å². The van der Waals surface area contributed by atoms with Gasteiger partial charge >= 0.3 is 0 Å². The van der Waals surface area contributed by atoms with E-state index in [1.54, 1.807) is 42.6 Å². The van der Waals surface area contributed by atoms with Crippen LogP contribution >= 0.6 is 11.6 Å². The van der Waals surface area contributed by atoms with Gasteiger partial charge in [0.15, 0.2) is 0 Å². The van der Waals surface area contributed by atoms with E-state index in [4.69, 9.17) is 21.1 Å². The lowest BCUT2D eigenvalue weighted by molar-refractivity contribution is 0.102. The van der Waals surface area contributed by atoms with Gasteiger partial charge in [0.25, 0.3) is 5.91 Å². The number of methoxy groups -OCH3 is 2. The number of carbonyl (C=O) groups excluding carboxylic acids is 1. The van der Waals surface area contributed by atoms with Crippen molar-refractivity contribution in [2.24, 2.45) is 5.16 Å². The van der Waals surface area contributed by atoms with Crippen molar-refractivity contribution in [1.29, 1.82) is 0 Å². The first-order valence-electron chi connectivity index (χ1n) is 6.98. The van der Waals surface area contributed by atoms with Gasteiger partial charge in [-0.1, -0.05) is 28.9 Å². The maximum Gasteiger partial charge on any atom is 0.255 e. The number of halogens is 1. The van der Waals surface area contributed by atoms with E-state index < -0.39 is 0 Å². The van der Waals surface area contributed by atoms with Crippen molar-refractivity contribution >= 4 is 29.4 Å². The molecule has 0 unspecified atom stereocenters. The van der Waals surface area contributed by atoms with Crippen molar-refractivity contribution in [3.05, 3.63) is 52.5 Å². The minimum Gasteiger partial charge on any atom is -0.495 e. The molecule has 0 atom stereocenters. The molecule has 0 spiro atoms. The molecule has 2 aromatic carbocycles. The van der Waals surface area contributed by atoms with Gasteiger partial charge in [-0.05, 0) is 17.7 Å². The summed E-state index contributed by atoms with van der Waals surface area (Å²) in [7, 11) is 4.46. The molecule has 0 bridgehead atoms. The second-order valence-electron chi connectivity index (χ2n) is 4.68. The smallest absolute Gasteiger partial charge is 0.255 e. The molecule has 0 fully saturated rings. The van der Waals surface area contributed by atoms with Gasteiger partial charge in [0, 0.05) is 17.7 Å². The number of carbonyl (C=O) groups is 1. The summed E-state index contributed by atoms with van der Waals surface area (Å²) in [6, 6.07) is 10.1. The fourth-order valence-corrected chi connectivity index (χ4v) is 2.22. The molecule has 2 rings (SSSR count). The van der Waals surface area contributed by atoms with Gasteiger partial charge in [0.2, 0.25) is 0 Å². The van der Waals surface area contributed by atoms with Crippen LogP contribution in [0.1, 0.15) is 15.9 Å². The number of amides is 1. The lowest BCUT2D eigenvalue weighted by Gasteiger charge is -2.13. The second-order valence-corrected chi connectivity index (χ2v) is 5.09. The molecule has 0 aliphatic rings. The maximum absolute atomic E-state index is 12.4. The Hall–Kier alpha value is -2.73. The highest BCUT2D eigenvalue weighted by Gasteiger charge is 2.13. The van der Waals surface area contributed by atoms with Crippen molar-refractivity contribution in [1.82, 2.24) is 0 Å². The SMILES string of the molecule is CO/N=C/c1ccc(C(=O)Nc2cc(OC)c(Cl)cc2OC)cc1. The highest BCUT2D eigenvalue weighted by Crippen LogP contribution is 2.36. The fraction of sp³-hybridized carbons (Fsp3) is 0.176. The topological polar surface area (TPSA) is 69.2 Å². The number of nitrogens with one attached hydrogen (secondary N) is 1. The van der Waals surface area contributed by atoms with E-state index in [1.807, 2.05) is 0 Å². The molecule has 126 valence electrons. The van der Waals surface area contributed by atoms with Crippen LogP contribution in [-0.2, 0) is 4.84 Å². The molecule has 0 radical (unpaired) electrons. The summed E-state index contributed by atoms with van der Waals surface area (Å²) in [4.78, 5) is 17.0. The number of nitrogens with zero attached hydrogens (tertiary/aromatic N) is 1. The van der Waals surface area contributed by atoms with Crippen LogP contribution in [0.4, 0.5) is 5.69 Å². The van der Waals surface area contributed by atoms with Crippen LogP contribution in [0.5, 0.6) is 11.5 Å². The van der Waals surface area contributed by atoms with Crippen LogP contribution in [-0.4, -0.2) is 33.5 Å². The molecule has 0 saturated heterocycles. The number of hydrogen-bond acceptors (Lipinski definition) is 5. The summed E-state index contributed by atoms with van der Waals surface area (Å²) in [5.41, 5.74) is 1.77. The molecule has 0 aromatic heterocycles. The third-order valence-corrected chi connectivity index (χ3v) is 3.50. The minimum absolute atomic E-state index is 0.284. The van der Waals surface area contributed by atoms with E-state index in [0.29, 0.717) is 27.8 Å². The minimum atomic E-state index is -0.284. The van der Waals surface area contributed by atoms with Gasteiger partial charge in [-0.25, -0.2) is 0 Å². The van der Waals surface area contributed by atoms with Crippen molar-refractivity contribution in [3.8, 4) is 11.5 Å². The third-order valence-electron chi connectivity index (χ3n) is 3.20. The van der Waals surface area contributed by atoms with Gasteiger partial charge in [0.1, 0.15) is 18.6 Å². The average Bonchev–Trinajstić information content (AvgIpc) is 2.61. The summed E-state index contributed by atoms with van der Waals surface area (Å²) in [5, 5.41) is 6.84. The molecule has 0 heterocycles. The molecular formula is C17H17ClN2O4. The molecule has 6 nitrogen and oxygen atoms in total. The van der Waals surface area contributed by atoms with Crippen LogP contribution in [0.3, 0.4) is 0 Å². The van der Waals surface area contributed by atoms with E-state index in [9.17, 15) is 4.79 Å². The Kier molecular flexibility index (Phi) is 6.03. The fourth-order valence-electron chi connectivity index (χ4n) is 1.99. The quantitative estimate of drug-likeness (QED) is 0.639. The number of hydrogen-bond donors (Lipinski definition) is 1. The van der Waals surface area contributed by atoms with E-state index >= 15 is 0 Å². The Morgan fingerprint density at radius 3 is 2.33 bits per heavy atom. The Bertz CT molecular complexity index is 745. The number of rotatable bonds is 6. The van der Waals surface area contributed by atoms with Gasteiger partial charge in [-0.3, -0.25) is 4.79 Å². The summed E-state index contributed by atoms with van der Waals surface area (Å²) in [6.07, 6.45) is 1.55. The molecule has 0 aliphatic carbocycles. The molecule has 1 amide bonds. The van der Waals surface area contributed by atoms with Crippen LogP contribution in [0.25, 0.3) is 0 Å². The first kappa shape index (κ1) is 17.6. The van der Waals surface area contributed by atoms with Gasteiger partial charge < -0.3 is 19.6 Å². The molecular weight excluding hydrogens is 332 g/mol. The zero-order valence-electron chi connectivity index (χ0n) is 13.5. The van der Waals surface area contributed by atoms with Crippen molar-refractivity contribution < 1.29 is 19.1 Å². The summed E-state index contributed by atoms with van der Waals surface area (Å²) in [5.74, 6) is 0.602. The van der Waals surface area contributed by atoms with Gasteiger partial charge in [-0.2, -0.15) is 0 Å². The van der Waals surface area contributed by atoms with Crippen LogP contribution in [0.2, 0.25) is 5.02 Å². The normalized spacial score (nSPS) is 10.5. The standard InChI is InChI=1S/C17H17ClN2O4/c1-22-15-9-14(16(23-2)8-13(15)18)20-17(21)12-6-4-11(5-7-12)10-19-24-3/h4-10H,1-3H3,(H,20,21)/b19-10+. The monoisotopic (exact) mass is 348 g/mol. The number of benzene rings is 2. The third kappa shape index (κ3) is 4.17. The molecule has 0 saturated carbocycles. The first-order chi connectivity index (χ1) is 11.6. The van der Waals surface area contributed by atoms with Crippen molar-refractivity contribution in [3.63, 3.8) is 0 Å². The lowest BCUT2D eigenvalue weighted by atomic mass is 10.1. The lowest BCUT2D eigenvalue weighted by Crippen LogP contribution is -2.12. The largest absolute Gasteiger partial charge is 0.495 e. The average molecular weight is 349 g/mol. The van der Waals surface area contributed by atoms with E-state index in [-0.39, 0.29) is 5.91 Å². The second kappa shape index (κ2) is 8.21. The highest BCUT2D eigenvalue weighted by atomic mass is 35.5. The summed E-state index contributed by atoms with van der Waals surface area (Å²) < 4.78 is 10.4. The number of anilines is 1. The predicted molar refractivity (Wildman–Crippen MR) is 93.6 cm³/mol. The Morgan fingerprint density at radius 2 is 1.75 bits per heavy atom. The highest BCUT2D eigenvalue weighted by molar-refractivity contribution is 6.32. The molecule has 2 aromatic rings. The Morgan fingerprint density at radius 1 is 1.08 bits per heavy atom. The van der Waals surface area contributed by atoms with Crippen LogP contribution in [0.15, 0.2) is 41.6 Å². The predicted octanol–water partition coefficient (Wildman–Crippen LogP) is 3.59. The zero-order chi connectivity index (χ0) is 17.5. The van der Waals surface area contributed by atoms with Crippen molar-refractivity contribution in [2.75, 3.05) is 26.6 Å². The van der Waals surface area contributed by atoms with Crippen LogP contribution < -0.4 is 14.8 Å².